The van der Waals surface area contributed by atoms with E-state index in [0.29, 0.717) is 11.4 Å². The lowest BCUT2D eigenvalue weighted by Gasteiger charge is -2.12. The summed E-state index contributed by atoms with van der Waals surface area (Å²) in [5.74, 6) is -1.79. The Labute approximate surface area is 93.3 Å². The van der Waals surface area contributed by atoms with Crippen molar-refractivity contribution in [3.05, 3.63) is 34.3 Å². The van der Waals surface area contributed by atoms with Gasteiger partial charge in [0, 0.05) is 13.2 Å². The lowest BCUT2D eigenvalue weighted by atomic mass is 9.94. The van der Waals surface area contributed by atoms with Crippen molar-refractivity contribution in [2.75, 3.05) is 0 Å². The Balaban J connectivity index is 2.72. The van der Waals surface area contributed by atoms with Gasteiger partial charge in [-0.05, 0) is 48.4 Å². The minimum absolute atomic E-state index is 0.107. The van der Waals surface area contributed by atoms with Crippen LogP contribution in [0.1, 0.15) is 51.4 Å². The molecule has 70 valence electrons. The molecule has 0 fully saturated rings. The maximum Gasteiger partial charge on any atom is 0.0409 e. The van der Waals surface area contributed by atoms with Crippen LogP contribution in [0.3, 0.4) is 0 Å². The van der Waals surface area contributed by atoms with E-state index in [4.69, 9.17) is 19.8 Å². The monoisotopic (exact) mass is 200 g/mol. The predicted molar refractivity (Wildman–Crippen MR) is 57.4 cm³/mol. The topological polar surface area (TPSA) is 0 Å². The van der Waals surface area contributed by atoms with Crippen LogP contribution < -0.4 is 0 Å². The average molecular weight is 201 g/mol. The van der Waals surface area contributed by atoms with E-state index >= 15 is 0 Å². The molecular formula is C12H15Cl. The van der Waals surface area contributed by atoms with Crippen molar-refractivity contribution in [1.82, 2.24) is 0 Å². The van der Waals surface area contributed by atoms with Gasteiger partial charge < -0.3 is 0 Å². The minimum Gasteiger partial charge on any atom is -0.0843 e. The van der Waals surface area contributed by atoms with Crippen LogP contribution >= 0.6 is 11.6 Å². The van der Waals surface area contributed by atoms with Crippen LogP contribution in [0.25, 0.3) is 0 Å². The minimum atomic E-state index is -2.51. The molecule has 2 rings (SSSR count). The van der Waals surface area contributed by atoms with Crippen molar-refractivity contribution in [1.29, 1.82) is 0 Å². The van der Waals surface area contributed by atoms with Gasteiger partial charge >= 0.3 is 0 Å². The molecule has 0 aromatic heterocycles. The molecule has 0 heterocycles. The molecule has 0 spiro atoms. The van der Waals surface area contributed by atoms with Crippen LogP contribution in [0.2, 0.25) is 5.02 Å². The molecule has 1 atom stereocenters. The average Bonchev–Trinajstić information content (AvgIpc) is 2.35. The van der Waals surface area contributed by atoms with E-state index in [-0.39, 0.29) is 24.0 Å². The third kappa shape index (κ3) is 1.88. The number of aryl methyl sites for hydroxylation is 1. The van der Waals surface area contributed by atoms with E-state index in [1.54, 1.807) is 6.07 Å². The fraction of sp³-hybridized carbons (Fsp3) is 0.500. The van der Waals surface area contributed by atoms with Gasteiger partial charge in [0.25, 0.3) is 0 Å². The Morgan fingerprint density at radius 3 is 3.38 bits per heavy atom. The largest absolute Gasteiger partial charge is 0.0843 e. The van der Waals surface area contributed by atoms with E-state index in [1.165, 1.54) is 12.1 Å². The molecule has 0 bridgehead atoms. The van der Waals surface area contributed by atoms with Crippen molar-refractivity contribution >= 4 is 11.6 Å². The summed E-state index contributed by atoms with van der Waals surface area (Å²) in [7, 11) is 0. The second kappa shape index (κ2) is 3.71. The van der Waals surface area contributed by atoms with E-state index in [0.717, 1.165) is 0 Å². The Morgan fingerprint density at radius 2 is 2.54 bits per heavy atom. The molecule has 1 aromatic rings. The number of halogens is 1. The first kappa shape index (κ1) is 4.35. The van der Waals surface area contributed by atoms with E-state index < -0.39 is 19.1 Å². The van der Waals surface area contributed by atoms with Gasteiger partial charge in [-0.15, -0.1) is 0 Å². The highest BCUT2D eigenvalue weighted by atomic mass is 35.5. The zero-order valence-corrected chi connectivity index (χ0v) is 7.99. The van der Waals surface area contributed by atoms with Gasteiger partial charge in [0.15, 0.2) is 0 Å². The lowest BCUT2D eigenvalue weighted by Crippen LogP contribution is -1.95. The molecule has 1 heteroatoms. The maximum atomic E-state index is 8.38. The number of benzene rings is 1. The number of hydrogen-bond donors (Lipinski definition) is 0. The van der Waals surface area contributed by atoms with E-state index in [9.17, 15) is 0 Å². The molecule has 0 radical (unpaired) electrons. The number of rotatable bonds is 0. The molecule has 0 saturated heterocycles. The van der Waals surface area contributed by atoms with Gasteiger partial charge in [-0.1, -0.05) is 30.9 Å². The Hall–Kier alpha value is -0.490. The summed E-state index contributed by atoms with van der Waals surface area (Å²) in [6.07, 6.45) is -0.927. The van der Waals surface area contributed by atoms with Crippen molar-refractivity contribution in [2.45, 2.75) is 38.4 Å². The van der Waals surface area contributed by atoms with Gasteiger partial charge in [0.2, 0.25) is 0 Å². The van der Waals surface area contributed by atoms with Crippen molar-refractivity contribution in [3.8, 4) is 0 Å². The molecule has 0 saturated carbocycles. The van der Waals surface area contributed by atoms with Crippen LogP contribution in [-0.4, -0.2) is 0 Å². The lowest BCUT2D eigenvalue weighted by molar-refractivity contribution is 0.635. The zero-order chi connectivity index (χ0) is 14.5. The Morgan fingerprint density at radius 1 is 1.62 bits per heavy atom. The van der Waals surface area contributed by atoms with Gasteiger partial charge in [-0.3, -0.25) is 0 Å². The molecule has 0 nitrogen and oxygen atoms in total. The zero-order valence-electron chi connectivity index (χ0n) is 13.2. The number of hydrogen-bond acceptors (Lipinski definition) is 0. The molecule has 13 heavy (non-hydrogen) atoms. The second-order valence-corrected chi connectivity index (χ2v) is 3.64. The summed E-state index contributed by atoms with van der Waals surface area (Å²) in [6, 6.07) is 4.49. The second-order valence-electron chi connectivity index (χ2n) is 3.20. The highest BCUT2D eigenvalue weighted by Crippen LogP contribution is 2.31. The predicted octanol–water partition coefficient (Wildman–Crippen LogP) is 4.17. The summed E-state index contributed by atoms with van der Waals surface area (Å²) in [6.45, 7) is -2.51. The highest BCUT2D eigenvalue weighted by molar-refractivity contribution is 6.30. The third-order valence-electron chi connectivity index (χ3n) is 2.23. The van der Waals surface area contributed by atoms with Crippen LogP contribution in [-0.2, 0) is 6.37 Å². The molecule has 1 aromatic carbocycles. The maximum absolute atomic E-state index is 8.38. The van der Waals surface area contributed by atoms with E-state index in [2.05, 4.69) is 0 Å². The van der Waals surface area contributed by atoms with Crippen molar-refractivity contribution < 1.29 is 8.22 Å². The van der Waals surface area contributed by atoms with Crippen LogP contribution in [0, 0.1) is 0 Å². The molecule has 0 amide bonds. The molecule has 1 aliphatic rings. The van der Waals surface area contributed by atoms with Gasteiger partial charge in [0.1, 0.15) is 0 Å². The van der Waals surface area contributed by atoms with Gasteiger partial charge in [-0.2, -0.15) is 0 Å². The Kier molecular flexibility index (Phi) is 1.24. The third-order valence-corrected chi connectivity index (χ3v) is 2.46. The van der Waals surface area contributed by atoms with Gasteiger partial charge in [0.05, 0.1) is 0 Å². The van der Waals surface area contributed by atoms with Crippen LogP contribution in [0.4, 0.5) is 0 Å². The molecule has 0 N–H and O–H groups in total. The smallest absolute Gasteiger partial charge is 0.0409 e. The fourth-order valence-electron chi connectivity index (χ4n) is 1.54. The summed E-state index contributed by atoms with van der Waals surface area (Å²) in [5.41, 5.74) is 0.475. The SMILES string of the molecule is [2H]C1([2H])CCC[C@]([2H])(C([2H])([2H])[2H])c2cc(Cl)ccc21. The molecular weight excluding hydrogens is 180 g/mol. The Bertz CT molecular complexity index is 495. The quantitative estimate of drug-likeness (QED) is 0.552. The highest BCUT2D eigenvalue weighted by Gasteiger charge is 2.14. The summed E-state index contributed by atoms with van der Waals surface area (Å²) < 4.78 is 47.4. The fourth-order valence-corrected chi connectivity index (χ4v) is 1.72. The molecule has 0 aliphatic heterocycles. The molecule has 1 aliphatic carbocycles. The van der Waals surface area contributed by atoms with Crippen LogP contribution in [0.5, 0.6) is 0 Å². The first-order valence-electron chi connectivity index (χ1n) is 7.38. The van der Waals surface area contributed by atoms with Crippen molar-refractivity contribution in [2.24, 2.45) is 0 Å². The summed E-state index contributed by atoms with van der Waals surface area (Å²) >= 11 is 5.91. The van der Waals surface area contributed by atoms with Gasteiger partial charge in [-0.25, -0.2) is 0 Å². The first-order valence-corrected chi connectivity index (χ1v) is 4.76. The first-order chi connectivity index (χ1) is 8.58. The normalized spacial score (nSPS) is 39.5. The van der Waals surface area contributed by atoms with Crippen molar-refractivity contribution in [3.63, 3.8) is 0 Å². The number of fused-ring (bicyclic) bond motifs is 1. The standard InChI is InChI=1S/C12H15Cl/c1-9-4-2-3-5-10-6-7-11(13)8-12(9)10/h6-9H,2-5H2,1H3/t9-/m0/s1/i1D3,5D2,9D. The van der Waals surface area contributed by atoms with E-state index in [1.807, 2.05) is 0 Å². The summed E-state index contributed by atoms with van der Waals surface area (Å²) in [5, 5.41) is 0.331. The van der Waals surface area contributed by atoms with Crippen LogP contribution in [0.15, 0.2) is 18.2 Å². The summed E-state index contributed by atoms with van der Waals surface area (Å²) in [4.78, 5) is 0. The molecule has 0 unspecified atom stereocenters.